The summed E-state index contributed by atoms with van der Waals surface area (Å²) in [6, 6.07) is 2.15. The lowest BCUT2D eigenvalue weighted by Crippen LogP contribution is -2.58. The van der Waals surface area contributed by atoms with Crippen molar-refractivity contribution in [1.82, 2.24) is 0 Å². The first-order valence-corrected chi connectivity index (χ1v) is 4.69. The van der Waals surface area contributed by atoms with Crippen molar-refractivity contribution in [2.24, 2.45) is 0 Å². The summed E-state index contributed by atoms with van der Waals surface area (Å²) in [4.78, 5) is 0. The number of hydrogen-bond donors (Lipinski definition) is 0. The molecule has 0 amide bonds. The van der Waals surface area contributed by atoms with Crippen LogP contribution in [0.4, 0.5) is 0 Å². The van der Waals surface area contributed by atoms with Gasteiger partial charge in [-0.05, 0) is 41.5 Å². The highest BCUT2D eigenvalue weighted by molar-refractivity contribution is 4.53. The molecule has 0 saturated carbocycles. The Morgan fingerprint density at radius 3 is 0.833 bits per heavy atom. The molecule has 0 unspecified atom stereocenters. The van der Waals surface area contributed by atoms with Crippen molar-refractivity contribution < 1.29 is 4.48 Å². The van der Waals surface area contributed by atoms with E-state index in [9.17, 15) is 0 Å². The second kappa shape index (κ2) is 4.86. The summed E-state index contributed by atoms with van der Waals surface area (Å²) in [7, 11) is 2.35. The van der Waals surface area contributed by atoms with Gasteiger partial charge in [-0.3, -0.25) is 0 Å². The fourth-order valence-corrected chi connectivity index (χ4v) is 1.79. The smallest absolute Gasteiger partial charge is 0.0835 e. The van der Waals surface area contributed by atoms with E-state index in [2.05, 4.69) is 48.6 Å². The number of hydrogen-bond acceptors (Lipinski definition) is 0. The Hall–Kier alpha value is -0.0400. The van der Waals surface area contributed by atoms with E-state index in [1.54, 1.807) is 0 Å². The molecular formula is C11H28N+. The maximum absolute atomic E-state index is 2.35. The monoisotopic (exact) mass is 174 g/mol. The minimum atomic E-state index is 0. The molecule has 12 heavy (non-hydrogen) atoms. The summed E-state index contributed by atoms with van der Waals surface area (Å²) in [6.45, 7) is 13.8. The first-order valence-electron chi connectivity index (χ1n) is 4.69. The molecule has 0 fully saturated rings. The van der Waals surface area contributed by atoms with E-state index in [1.807, 2.05) is 0 Å². The predicted molar refractivity (Wildman–Crippen MR) is 58.3 cm³/mol. The standard InChI is InChI=1S/C10H24N.CH4/c1-8(2)11(7,9(3)4)10(5)6;/h8-10H,1-7H3;1H4/q+1;. The molecule has 0 bridgehead atoms. The number of quaternary nitrogens is 1. The quantitative estimate of drug-likeness (QED) is 0.576. The second-order valence-electron chi connectivity index (χ2n) is 4.50. The first kappa shape index (κ1) is 14.5. The third-order valence-corrected chi connectivity index (χ3v) is 3.34. The number of rotatable bonds is 3. The Morgan fingerprint density at radius 2 is 0.833 bits per heavy atom. The van der Waals surface area contributed by atoms with Crippen molar-refractivity contribution in [2.75, 3.05) is 7.05 Å². The summed E-state index contributed by atoms with van der Waals surface area (Å²) in [5.74, 6) is 0. The highest BCUT2D eigenvalue weighted by atomic mass is 15.4. The molecular weight excluding hydrogens is 146 g/mol. The summed E-state index contributed by atoms with van der Waals surface area (Å²) >= 11 is 0. The van der Waals surface area contributed by atoms with Gasteiger partial charge in [0.15, 0.2) is 0 Å². The second-order valence-corrected chi connectivity index (χ2v) is 4.50. The van der Waals surface area contributed by atoms with Crippen molar-refractivity contribution in [3.8, 4) is 0 Å². The molecule has 0 spiro atoms. The van der Waals surface area contributed by atoms with Gasteiger partial charge >= 0.3 is 0 Å². The highest BCUT2D eigenvalue weighted by Crippen LogP contribution is 2.20. The molecule has 0 atom stereocenters. The Bertz CT molecular complexity index is 92.4. The van der Waals surface area contributed by atoms with Crippen LogP contribution in [0.25, 0.3) is 0 Å². The van der Waals surface area contributed by atoms with Gasteiger partial charge in [0.05, 0.1) is 25.2 Å². The van der Waals surface area contributed by atoms with Crippen LogP contribution in [-0.2, 0) is 0 Å². The molecule has 0 aromatic rings. The zero-order chi connectivity index (χ0) is 9.23. The van der Waals surface area contributed by atoms with Crippen LogP contribution in [0.3, 0.4) is 0 Å². The summed E-state index contributed by atoms with van der Waals surface area (Å²) in [5.41, 5.74) is 0. The zero-order valence-electron chi connectivity index (χ0n) is 9.18. The molecule has 1 nitrogen and oxygen atoms in total. The van der Waals surface area contributed by atoms with Crippen LogP contribution in [-0.4, -0.2) is 29.7 Å². The maximum atomic E-state index is 2.35. The average Bonchev–Trinajstić information content (AvgIpc) is 1.84. The van der Waals surface area contributed by atoms with Crippen LogP contribution in [0.15, 0.2) is 0 Å². The molecule has 0 aromatic heterocycles. The van der Waals surface area contributed by atoms with Gasteiger partial charge in [-0.15, -0.1) is 0 Å². The van der Waals surface area contributed by atoms with Gasteiger partial charge in [-0.25, -0.2) is 0 Å². The van der Waals surface area contributed by atoms with Gasteiger partial charge in [-0.1, -0.05) is 7.43 Å². The third kappa shape index (κ3) is 2.48. The SMILES string of the molecule is C.CC(C)[N+](C)(C(C)C)C(C)C. The van der Waals surface area contributed by atoms with Crippen LogP contribution < -0.4 is 0 Å². The average molecular weight is 174 g/mol. The van der Waals surface area contributed by atoms with Crippen molar-refractivity contribution in [3.63, 3.8) is 0 Å². The Balaban J connectivity index is 0. The Morgan fingerprint density at radius 1 is 0.667 bits per heavy atom. The molecule has 1 heteroatoms. The maximum Gasteiger partial charge on any atom is 0.0835 e. The van der Waals surface area contributed by atoms with Crippen LogP contribution >= 0.6 is 0 Å². The lowest BCUT2D eigenvalue weighted by molar-refractivity contribution is -0.968. The summed E-state index contributed by atoms with van der Waals surface area (Å²) in [5, 5.41) is 0. The van der Waals surface area contributed by atoms with Crippen LogP contribution in [0.1, 0.15) is 49.0 Å². The fraction of sp³-hybridized carbons (Fsp3) is 1.00. The lowest BCUT2D eigenvalue weighted by atomic mass is 10.1. The van der Waals surface area contributed by atoms with Crippen LogP contribution in [0, 0.1) is 0 Å². The zero-order valence-corrected chi connectivity index (χ0v) is 9.18. The predicted octanol–water partition coefficient (Wildman–Crippen LogP) is 3.29. The van der Waals surface area contributed by atoms with Gasteiger partial charge in [0, 0.05) is 0 Å². The van der Waals surface area contributed by atoms with Crippen LogP contribution in [0.2, 0.25) is 0 Å². The van der Waals surface area contributed by atoms with Crippen molar-refractivity contribution in [2.45, 2.75) is 67.1 Å². The van der Waals surface area contributed by atoms with Gasteiger partial charge < -0.3 is 4.48 Å². The minimum Gasteiger partial charge on any atom is -0.320 e. The van der Waals surface area contributed by atoms with Gasteiger partial charge in [0.1, 0.15) is 0 Å². The van der Waals surface area contributed by atoms with E-state index in [0.29, 0.717) is 0 Å². The molecule has 0 radical (unpaired) electrons. The molecule has 0 aliphatic rings. The van der Waals surface area contributed by atoms with E-state index in [-0.39, 0.29) is 7.43 Å². The van der Waals surface area contributed by atoms with Crippen molar-refractivity contribution >= 4 is 0 Å². The molecule has 0 aliphatic carbocycles. The topological polar surface area (TPSA) is 0 Å². The molecule has 0 rings (SSSR count). The van der Waals surface area contributed by atoms with Gasteiger partial charge in [-0.2, -0.15) is 0 Å². The van der Waals surface area contributed by atoms with Gasteiger partial charge in [0.2, 0.25) is 0 Å². The molecule has 0 heterocycles. The first-order chi connectivity index (χ1) is 4.83. The van der Waals surface area contributed by atoms with E-state index >= 15 is 0 Å². The number of nitrogens with zero attached hydrogens (tertiary/aromatic N) is 1. The normalized spacial score (nSPS) is 12.5. The highest BCUT2D eigenvalue weighted by Gasteiger charge is 2.32. The molecule has 0 aromatic carbocycles. The molecule has 0 N–H and O–H groups in total. The van der Waals surface area contributed by atoms with Gasteiger partial charge in [0.25, 0.3) is 0 Å². The summed E-state index contributed by atoms with van der Waals surface area (Å²) < 4.78 is 1.17. The minimum absolute atomic E-state index is 0. The fourth-order valence-electron chi connectivity index (χ4n) is 1.79. The van der Waals surface area contributed by atoms with E-state index in [1.165, 1.54) is 4.48 Å². The molecule has 0 aliphatic heterocycles. The van der Waals surface area contributed by atoms with E-state index in [0.717, 1.165) is 18.1 Å². The Labute approximate surface area is 79.4 Å². The summed E-state index contributed by atoms with van der Waals surface area (Å²) in [6.07, 6.45) is 0. The molecule has 0 saturated heterocycles. The largest absolute Gasteiger partial charge is 0.320 e. The molecule has 76 valence electrons. The third-order valence-electron chi connectivity index (χ3n) is 3.34. The van der Waals surface area contributed by atoms with Crippen molar-refractivity contribution in [3.05, 3.63) is 0 Å². The lowest BCUT2D eigenvalue weighted by Gasteiger charge is -2.46. The van der Waals surface area contributed by atoms with Crippen molar-refractivity contribution in [1.29, 1.82) is 0 Å². The van der Waals surface area contributed by atoms with E-state index < -0.39 is 0 Å². The van der Waals surface area contributed by atoms with Crippen LogP contribution in [0.5, 0.6) is 0 Å². The Kier molecular flexibility index (Phi) is 5.86. The van der Waals surface area contributed by atoms with E-state index in [4.69, 9.17) is 0 Å².